The molecular formula is C24H25F2MnN2O3S-. The van der Waals surface area contributed by atoms with E-state index in [1.165, 1.54) is 22.3 Å². The first-order valence-corrected chi connectivity index (χ1v) is 11.1. The number of rotatable bonds is 9. The number of hydrogen-bond donors (Lipinski definition) is 0. The number of aromatic nitrogens is 1. The largest absolute Gasteiger partial charge is 0.541 e. The molecule has 1 amide bonds. The molecule has 0 N–H and O–H groups in total. The Hall–Kier alpha value is -2.35. The van der Waals surface area contributed by atoms with Crippen LogP contribution in [0, 0.1) is 6.92 Å². The summed E-state index contributed by atoms with van der Waals surface area (Å²) in [5.41, 5.74) is 2.12. The summed E-state index contributed by atoms with van der Waals surface area (Å²) in [5, 5.41) is 2.57. The number of pyridine rings is 1. The van der Waals surface area contributed by atoms with Crippen molar-refractivity contribution in [2.75, 3.05) is 14.1 Å². The number of aryl methyl sites for hydroxylation is 1. The first-order valence-electron chi connectivity index (χ1n) is 10.3. The normalized spacial score (nSPS) is 11.2. The predicted octanol–water partition coefficient (Wildman–Crippen LogP) is 5.43. The molecule has 2 heterocycles. The van der Waals surface area contributed by atoms with Crippen LogP contribution >= 0.6 is 11.3 Å². The zero-order chi connectivity index (χ0) is 23.5. The van der Waals surface area contributed by atoms with Gasteiger partial charge in [-0.05, 0) is 30.5 Å². The number of benzene rings is 1. The van der Waals surface area contributed by atoms with Gasteiger partial charge >= 0.3 is 0 Å². The van der Waals surface area contributed by atoms with E-state index >= 15 is 0 Å². The zero-order valence-corrected chi connectivity index (χ0v) is 20.9. The molecule has 0 unspecified atom stereocenters. The van der Waals surface area contributed by atoms with Crippen molar-refractivity contribution in [3.05, 3.63) is 57.7 Å². The molecule has 177 valence electrons. The van der Waals surface area contributed by atoms with E-state index in [0.29, 0.717) is 29.0 Å². The fourth-order valence-corrected chi connectivity index (χ4v) is 4.47. The van der Waals surface area contributed by atoms with Gasteiger partial charge in [0.15, 0.2) is 0 Å². The summed E-state index contributed by atoms with van der Waals surface area (Å²) in [6.45, 7) is 3.51. The SMILES string of the molecule is CCCC(F)(F)c1ccc(COc2cc(C(=O)N(C)C)c3c(C[C-]=O)csc3c2)c(C)n1.[Mn]. The summed E-state index contributed by atoms with van der Waals surface area (Å²) in [6, 6.07) is 6.41. The Kier molecular flexibility index (Phi) is 9.12. The number of carbonyl (C=O) groups is 1. The van der Waals surface area contributed by atoms with E-state index in [0.717, 1.165) is 15.6 Å². The second kappa shape index (κ2) is 11.2. The van der Waals surface area contributed by atoms with Gasteiger partial charge in [-0.25, -0.2) is 0 Å². The molecule has 0 atom stereocenters. The molecule has 5 nitrogen and oxygen atoms in total. The van der Waals surface area contributed by atoms with E-state index in [1.807, 2.05) is 17.7 Å². The van der Waals surface area contributed by atoms with Crippen molar-refractivity contribution < 1.29 is 40.2 Å². The number of thiophene rings is 1. The molecule has 9 heteroatoms. The van der Waals surface area contributed by atoms with Crippen LogP contribution in [0.3, 0.4) is 0 Å². The summed E-state index contributed by atoms with van der Waals surface area (Å²) < 4.78 is 35.1. The second-order valence-electron chi connectivity index (χ2n) is 7.81. The van der Waals surface area contributed by atoms with Gasteiger partial charge in [-0.3, -0.25) is 16.1 Å². The fraction of sp³-hybridized carbons (Fsp3) is 0.375. The first kappa shape index (κ1) is 26.9. The van der Waals surface area contributed by atoms with Crippen molar-refractivity contribution in [1.29, 1.82) is 0 Å². The molecule has 0 spiro atoms. The Labute approximate surface area is 206 Å². The fourth-order valence-electron chi connectivity index (χ4n) is 3.46. The molecule has 0 saturated carbocycles. The molecule has 2 aromatic heterocycles. The van der Waals surface area contributed by atoms with Crippen molar-refractivity contribution in [3.8, 4) is 5.75 Å². The van der Waals surface area contributed by atoms with Gasteiger partial charge in [0.1, 0.15) is 18.1 Å². The zero-order valence-electron chi connectivity index (χ0n) is 18.9. The van der Waals surface area contributed by atoms with Gasteiger partial charge in [-0.2, -0.15) is 8.78 Å². The van der Waals surface area contributed by atoms with Gasteiger partial charge in [-0.1, -0.05) is 25.0 Å². The average molecular weight is 514 g/mol. The van der Waals surface area contributed by atoms with E-state index in [-0.39, 0.29) is 48.1 Å². The molecule has 1 aromatic carbocycles. The molecule has 3 aromatic rings. The van der Waals surface area contributed by atoms with Gasteiger partial charge in [-0.15, -0.1) is 17.8 Å². The standard InChI is InChI=1S/C24H25F2N2O3S.Mn/c1-5-9-24(25,26)21-7-6-16(15(2)27-21)13-31-18-11-19(23(30)28(3)4)22-17(8-10-29)14-32-20(22)12-18;/h6-7,11-12,14H,5,8-9,13H2,1-4H3;/q-1;. The number of alkyl halides is 2. The maximum Gasteiger partial charge on any atom is 0.289 e. The van der Waals surface area contributed by atoms with E-state index < -0.39 is 5.92 Å². The summed E-state index contributed by atoms with van der Waals surface area (Å²) in [5.74, 6) is -2.68. The van der Waals surface area contributed by atoms with Gasteiger partial charge < -0.3 is 14.4 Å². The van der Waals surface area contributed by atoms with Gasteiger partial charge in [0.25, 0.3) is 11.8 Å². The molecule has 0 aliphatic heterocycles. The third-order valence-corrected chi connectivity index (χ3v) is 6.13. The number of nitrogens with zero attached hydrogens (tertiary/aromatic N) is 2. The van der Waals surface area contributed by atoms with Crippen molar-refractivity contribution in [3.63, 3.8) is 0 Å². The molecule has 0 saturated heterocycles. The number of amides is 1. The maximum atomic E-state index is 14.2. The van der Waals surface area contributed by atoms with Crippen molar-refractivity contribution in [1.82, 2.24) is 9.88 Å². The Morgan fingerprint density at radius 2 is 1.97 bits per heavy atom. The number of hydrogen-bond acceptors (Lipinski definition) is 5. The van der Waals surface area contributed by atoms with Gasteiger partial charge in [0.2, 0.25) is 0 Å². The molecule has 0 aliphatic carbocycles. The Morgan fingerprint density at radius 3 is 2.58 bits per heavy atom. The number of fused-ring (bicyclic) bond motifs is 1. The van der Waals surface area contributed by atoms with E-state index in [1.54, 1.807) is 40.1 Å². The van der Waals surface area contributed by atoms with Crippen molar-refractivity contribution in [2.24, 2.45) is 0 Å². The van der Waals surface area contributed by atoms with Crippen LogP contribution in [-0.4, -0.2) is 36.2 Å². The minimum Gasteiger partial charge on any atom is -0.541 e. The van der Waals surface area contributed by atoms with E-state index in [4.69, 9.17) is 4.74 Å². The third kappa shape index (κ3) is 5.96. The number of carbonyl (C=O) groups excluding carboxylic acids is 2. The molecule has 0 bridgehead atoms. The Balaban J connectivity index is 0.00000385. The third-order valence-electron chi connectivity index (χ3n) is 5.15. The molecule has 0 aliphatic rings. The Morgan fingerprint density at radius 1 is 1.24 bits per heavy atom. The van der Waals surface area contributed by atoms with Crippen molar-refractivity contribution in [2.45, 2.75) is 45.6 Å². The molecular weight excluding hydrogens is 489 g/mol. The summed E-state index contributed by atoms with van der Waals surface area (Å²) >= 11 is 1.42. The predicted molar refractivity (Wildman–Crippen MR) is 121 cm³/mol. The minimum absolute atomic E-state index is 0. The van der Waals surface area contributed by atoms with Crippen LogP contribution in [0.5, 0.6) is 5.75 Å². The van der Waals surface area contributed by atoms with Crippen LogP contribution in [0.2, 0.25) is 0 Å². The summed E-state index contributed by atoms with van der Waals surface area (Å²) in [6.07, 6.45) is 2.11. The minimum atomic E-state index is -2.96. The smallest absolute Gasteiger partial charge is 0.289 e. The van der Waals surface area contributed by atoms with Crippen LogP contribution < -0.4 is 4.74 Å². The van der Waals surface area contributed by atoms with Crippen LogP contribution in [0.4, 0.5) is 8.78 Å². The van der Waals surface area contributed by atoms with Crippen LogP contribution in [0.25, 0.3) is 10.1 Å². The van der Waals surface area contributed by atoms with Crippen LogP contribution in [0.1, 0.15) is 52.6 Å². The van der Waals surface area contributed by atoms with E-state index in [2.05, 4.69) is 4.98 Å². The average Bonchev–Trinajstić information content (AvgIpc) is 3.14. The second-order valence-corrected chi connectivity index (χ2v) is 8.72. The number of ether oxygens (including phenoxy) is 1. The van der Waals surface area contributed by atoms with Crippen LogP contribution in [0.15, 0.2) is 29.6 Å². The monoisotopic (exact) mass is 514 g/mol. The number of halogens is 2. The molecule has 33 heavy (non-hydrogen) atoms. The Bertz CT molecular complexity index is 1150. The first-order chi connectivity index (χ1) is 15.2. The topological polar surface area (TPSA) is 59.5 Å². The van der Waals surface area contributed by atoms with Gasteiger partial charge in [0, 0.05) is 58.9 Å². The van der Waals surface area contributed by atoms with Crippen molar-refractivity contribution >= 4 is 33.6 Å². The van der Waals surface area contributed by atoms with Crippen LogP contribution in [-0.2, 0) is 40.8 Å². The quantitative estimate of drug-likeness (QED) is 0.282. The summed E-state index contributed by atoms with van der Waals surface area (Å²) in [7, 11) is 3.31. The van der Waals surface area contributed by atoms with E-state index in [9.17, 15) is 18.4 Å². The summed E-state index contributed by atoms with van der Waals surface area (Å²) in [4.78, 5) is 29.3. The molecule has 3 rings (SSSR count). The molecule has 1 radical (unpaired) electrons. The molecule has 0 fully saturated rings. The van der Waals surface area contributed by atoms with Gasteiger partial charge in [0.05, 0.1) is 5.56 Å². The maximum absolute atomic E-state index is 14.2.